The first-order chi connectivity index (χ1) is 13.2. The minimum Gasteiger partial charge on any atom is -0.270 e. The Balaban J connectivity index is 1.73. The van der Waals surface area contributed by atoms with Gasteiger partial charge in [-0.1, -0.05) is 66.4 Å². The lowest BCUT2D eigenvalue weighted by atomic mass is 10.2. The molecule has 0 unspecified atom stereocenters. The molecule has 0 amide bonds. The van der Waals surface area contributed by atoms with Crippen molar-refractivity contribution < 1.29 is 4.39 Å². The number of hydrogen-bond acceptors (Lipinski definition) is 3. The van der Waals surface area contributed by atoms with Gasteiger partial charge in [0.15, 0.2) is 11.0 Å². The van der Waals surface area contributed by atoms with Gasteiger partial charge in [0.2, 0.25) is 0 Å². The first kappa shape index (κ1) is 17.5. The summed E-state index contributed by atoms with van der Waals surface area (Å²) in [7, 11) is 0. The third-order valence-electron chi connectivity index (χ3n) is 4.21. The van der Waals surface area contributed by atoms with Gasteiger partial charge in [-0.2, -0.15) is 0 Å². The summed E-state index contributed by atoms with van der Waals surface area (Å²) in [5.74, 6) is 1.28. The maximum atomic E-state index is 13.1. The van der Waals surface area contributed by atoms with Crippen LogP contribution in [0.4, 0.5) is 4.39 Å². The van der Waals surface area contributed by atoms with Gasteiger partial charge in [0.05, 0.1) is 0 Å². The topological polar surface area (TPSA) is 30.7 Å². The zero-order chi connectivity index (χ0) is 18.6. The average Bonchev–Trinajstić information content (AvgIpc) is 3.12. The Morgan fingerprint density at radius 3 is 2.41 bits per heavy atom. The summed E-state index contributed by atoms with van der Waals surface area (Å²) >= 11 is 1.59. The van der Waals surface area contributed by atoms with Crippen molar-refractivity contribution in [1.82, 2.24) is 14.8 Å². The number of nitrogens with zero attached hydrogens (tertiary/aromatic N) is 3. The Kier molecular flexibility index (Phi) is 5.03. The summed E-state index contributed by atoms with van der Waals surface area (Å²) in [5, 5.41) is 9.69. The highest BCUT2D eigenvalue weighted by Gasteiger charge is 2.16. The minimum atomic E-state index is -0.224. The van der Waals surface area contributed by atoms with Crippen molar-refractivity contribution in [2.24, 2.45) is 0 Å². The Hall–Kier alpha value is -2.92. The maximum absolute atomic E-state index is 13.1. The molecule has 4 rings (SSSR count). The Bertz CT molecular complexity index is 1040. The van der Waals surface area contributed by atoms with E-state index in [0.717, 1.165) is 27.8 Å². The summed E-state index contributed by atoms with van der Waals surface area (Å²) in [6, 6.07) is 24.9. The standard InChI is InChI=1S/C22H18FN3S/c1-16-6-5-9-20(14-16)26-21(18-7-3-2-4-8-18)24-25-22(26)27-15-17-10-12-19(23)13-11-17/h2-14H,15H2,1H3. The largest absolute Gasteiger partial charge is 0.270 e. The second-order valence-corrected chi connectivity index (χ2v) is 7.20. The second-order valence-electron chi connectivity index (χ2n) is 6.26. The van der Waals surface area contributed by atoms with Gasteiger partial charge in [-0.15, -0.1) is 10.2 Å². The molecule has 3 nitrogen and oxygen atoms in total. The zero-order valence-electron chi connectivity index (χ0n) is 14.8. The van der Waals surface area contributed by atoms with Crippen LogP contribution in [-0.2, 0) is 5.75 Å². The van der Waals surface area contributed by atoms with Gasteiger partial charge >= 0.3 is 0 Å². The summed E-state index contributed by atoms with van der Waals surface area (Å²) in [6.45, 7) is 2.07. The molecular formula is C22H18FN3S. The predicted octanol–water partition coefficient (Wildman–Crippen LogP) is 5.67. The summed E-state index contributed by atoms with van der Waals surface area (Å²) < 4.78 is 15.2. The Labute approximate surface area is 161 Å². The molecule has 0 bridgehead atoms. The molecule has 0 radical (unpaired) electrons. The molecule has 134 valence electrons. The molecule has 0 aliphatic rings. The van der Waals surface area contributed by atoms with Gasteiger partial charge in [0.1, 0.15) is 5.82 Å². The van der Waals surface area contributed by atoms with E-state index < -0.39 is 0 Å². The lowest BCUT2D eigenvalue weighted by molar-refractivity contribution is 0.627. The van der Waals surface area contributed by atoms with Gasteiger partial charge in [-0.05, 0) is 42.3 Å². The van der Waals surface area contributed by atoms with Crippen molar-refractivity contribution in [2.75, 3.05) is 0 Å². The van der Waals surface area contributed by atoms with E-state index in [0.29, 0.717) is 5.75 Å². The van der Waals surface area contributed by atoms with Crippen LogP contribution in [0.5, 0.6) is 0 Å². The van der Waals surface area contributed by atoms with Crippen LogP contribution in [0.1, 0.15) is 11.1 Å². The van der Waals surface area contributed by atoms with E-state index in [9.17, 15) is 4.39 Å². The molecule has 27 heavy (non-hydrogen) atoms. The maximum Gasteiger partial charge on any atom is 0.196 e. The molecule has 0 N–H and O–H groups in total. The Morgan fingerprint density at radius 2 is 1.67 bits per heavy atom. The SMILES string of the molecule is Cc1cccc(-n2c(SCc3ccc(F)cc3)nnc2-c2ccccc2)c1. The van der Waals surface area contributed by atoms with E-state index in [1.807, 2.05) is 36.4 Å². The number of hydrogen-bond donors (Lipinski definition) is 0. The number of thioether (sulfide) groups is 1. The fourth-order valence-corrected chi connectivity index (χ4v) is 3.77. The molecule has 1 aromatic heterocycles. The van der Waals surface area contributed by atoms with E-state index in [4.69, 9.17) is 0 Å². The first-order valence-corrected chi connectivity index (χ1v) is 9.64. The number of benzene rings is 3. The summed E-state index contributed by atoms with van der Waals surface area (Å²) in [5.41, 5.74) is 4.26. The van der Waals surface area contributed by atoms with Crippen molar-refractivity contribution in [2.45, 2.75) is 17.8 Å². The van der Waals surface area contributed by atoms with E-state index in [1.54, 1.807) is 23.9 Å². The number of aryl methyl sites for hydroxylation is 1. The minimum absolute atomic E-state index is 0.224. The Morgan fingerprint density at radius 1 is 0.889 bits per heavy atom. The molecule has 0 aliphatic heterocycles. The molecule has 0 spiro atoms. The quantitative estimate of drug-likeness (QED) is 0.421. The third kappa shape index (κ3) is 3.93. The van der Waals surface area contributed by atoms with Crippen molar-refractivity contribution in [3.05, 3.63) is 95.8 Å². The van der Waals surface area contributed by atoms with Gasteiger partial charge < -0.3 is 0 Å². The van der Waals surface area contributed by atoms with Crippen LogP contribution in [0.2, 0.25) is 0 Å². The molecule has 0 fully saturated rings. The monoisotopic (exact) mass is 375 g/mol. The molecule has 0 saturated heterocycles. The van der Waals surface area contributed by atoms with Crippen LogP contribution in [0.15, 0.2) is 84.0 Å². The van der Waals surface area contributed by atoms with Crippen LogP contribution in [0.3, 0.4) is 0 Å². The van der Waals surface area contributed by atoms with Crippen LogP contribution >= 0.6 is 11.8 Å². The number of aromatic nitrogens is 3. The smallest absolute Gasteiger partial charge is 0.196 e. The molecule has 0 aliphatic carbocycles. The van der Waals surface area contributed by atoms with E-state index in [2.05, 4.69) is 39.9 Å². The molecule has 0 atom stereocenters. The second kappa shape index (κ2) is 7.76. The normalized spacial score (nSPS) is 10.9. The predicted molar refractivity (Wildman–Crippen MR) is 107 cm³/mol. The summed E-state index contributed by atoms with van der Waals surface area (Å²) in [4.78, 5) is 0. The van der Waals surface area contributed by atoms with Crippen molar-refractivity contribution in [3.63, 3.8) is 0 Å². The van der Waals surface area contributed by atoms with Crippen molar-refractivity contribution in [1.29, 1.82) is 0 Å². The third-order valence-corrected chi connectivity index (χ3v) is 5.21. The molecule has 0 saturated carbocycles. The highest BCUT2D eigenvalue weighted by atomic mass is 32.2. The van der Waals surface area contributed by atoms with E-state index in [1.165, 1.54) is 17.7 Å². The van der Waals surface area contributed by atoms with E-state index >= 15 is 0 Å². The highest BCUT2D eigenvalue weighted by molar-refractivity contribution is 7.98. The number of rotatable bonds is 5. The number of halogens is 1. The fourth-order valence-electron chi connectivity index (χ4n) is 2.87. The molecule has 3 aromatic carbocycles. The van der Waals surface area contributed by atoms with Crippen LogP contribution in [-0.4, -0.2) is 14.8 Å². The first-order valence-electron chi connectivity index (χ1n) is 8.66. The molecule has 1 heterocycles. The van der Waals surface area contributed by atoms with Crippen LogP contribution < -0.4 is 0 Å². The van der Waals surface area contributed by atoms with Gasteiger partial charge in [0.25, 0.3) is 0 Å². The molecular weight excluding hydrogens is 357 g/mol. The van der Waals surface area contributed by atoms with Gasteiger partial charge in [0, 0.05) is 17.0 Å². The fraction of sp³-hybridized carbons (Fsp3) is 0.0909. The molecule has 5 heteroatoms. The van der Waals surface area contributed by atoms with Gasteiger partial charge in [-0.25, -0.2) is 4.39 Å². The van der Waals surface area contributed by atoms with Gasteiger partial charge in [-0.3, -0.25) is 4.57 Å². The lowest BCUT2D eigenvalue weighted by Gasteiger charge is -2.11. The highest BCUT2D eigenvalue weighted by Crippen LogP contribution is 2.30. The van der Waals surface area contributed by atoms with Crippen molar-refractivity contribution in [3.8, 4) is 17.1 Å². The zero-order valence-corrected chi connectivity index (χ0v) is 15.7. The average molecular weight is 375 g/mol. The lowest BCUT2D eigenvalue weighted by Crippen LogP contribution is -2.00. The summed E-state index contributed by atoms with van der Waals surface area (Å²) in [6.07, 6.45) is 0. The van der Waals surface area contributed by atoms with Crippen LogP contribution in [0, 0.1) is 12.7 Å². The van der Waals surface area contributed by atoms with Crippen LogP contribution in [0.25, 0.3) is 17.1 Å². The van der Waals surface area contributed by atoms with E-state index in [-0.39, 0.29) is 5.82 Å². The molecule has 4 aromatic rings. The van der Waals surface area contributed by atoms with Crippen molar-refractivity contribution >= 4 is 11.8 Å².